The number of nitrogens with zero attached hydrogens (tertiary/aromatic N) is 4. The SMILES string of the molecule is CCn1cnnc1CCNC(=O)C1CCCN(Cc2ccco2)C1. The molecule has 0 saturated carbocycles. The standard InChI is InChI=1S/C17H25N5O2/c1-2-22-13-19-20-16(22)7-8-18-17(23)14-5-3-9-21(11-14)12-15-6-4-10-24-15/h4,6,10,13-14H,2-3,5,7-9,11-12H2,1H3,(H,18,23). The summed E-state index contributed by atoms with van der Waals surface area (Å²) in [6.45, 7) is 6.09. The van der Waals surface area contributed by atoms with Crippen molar-refractivity contribution in [1.82, 2.24) is 25.0 Å². The minimum absolute atomic E-state index is 0.0535. The molecule has 1 saturated heterocycles. The Labute approximate surface area is 142 Å². The number of rotatable bonds is 7. The number of aryl methyl sites for hydroxylation is 1. The molecule has 130 valence electrons. The topological polar surface area (TPSA) is 76.2 Å². The van der Waals surface area contributed by atoms with E-state index in [0.29, 0.717) is 13.0 Å². The van der Waals surface area contributed by atoms with Crippen molar-refractivity contribution in [3.05, 3.63) is 36.3 Å². The lowest BCUT2D eigenvalue weighted by atomic mass is 9.97. The Bertz CT molecular complexity index is 637. The predicted octanol–water partition coefficient (Wildman–Crippen LogP) is 1.46. The van der Waals surface area contributed by atoms with Gasteiger partial charge in [-0.1, -0.05) is 0 Å². The molecule has 1 aliphatic rings. The fourth-order valence-electron chi connectivity index (χ4n) is 3.21. The van der Waals surface area contributed by atoms with Crippen molar-refractivity contribution in [3.8, 4) is 0 Å². The van der Waals surface area contributed by atoms with Gasteiger partial charge in [-0.3, -0.25) is 9.69 Å². The molecule has 7 heteroatoms. The minimum Gasteiger partial charge on any atom is -0.468 e. The molecule has 7 nitrogen and oxygen atoms in total. The van der Waals surface area contributed by atoms with Gasteiger partial charge in [-0.05, 0) is 38.4 Å². The lowest BCUT2D eigenvalue weighted by Gasteiger charge is -2.31. The molecule has 24 heavy (non-hydrogen) atoms. The first-order valence-corrected chi connectivity index (χ1v) is 8.65. The van der Waals surface area contributed by atoms with Crippen molar-refractivity contribution in [2.75, 3.05) is 19.6 Å². The molecule has 1 atom stereocenters. The molecule has 1 N–H and O–H groups in total. The molecule has 0 bridgehead atoms. The van der Waals surface area contributed by atoms with E-state index in [0.717, 1.165) is 50.6 Å². The highest BCUT2D eigenvalue weighted by molar-refractivity contribution is 5.78. The van der Waals surface area contributed by atoms with Gasteiger partial charge in [0.2, 0.25) is 5.91 Å². The van der Waals surface area contributed by atoms with Crippen LogP contribution in [0.15, 0.2) is 29.1 Å². The predicted molar refractivity (Wildman–Crippen MR) is 89.1 cm³/mol. The number of likely N-dealkylation sites (tertiary alicyclic amines) is 1. The van der Waals surface area contributed by atoms with Crippen molar-refractivity contribution in [2.45, 2.75) is 39.3 Å². The highest BCUT2D eigenvalue weighted by Crippen LogP contribution is 2.19. The summed E-state index contributed by atoms with van der Waals surface area (Å²) in [6.07, 6.45) is 6.13. The Morgan fingerprint density at radius 2 is 2.42 bits per heavy atom. The zero-order chi connectivity index (χ0) is 16.8. The molecule has 1 amide bonds. The summed E-state index contributed by atoms with van der Waals surface area (Å²) >= 11 is 0. The number of carbonyl (C=O) groups excluding carboxylic acids is 1. The molecule has 1 unspecified atom stereocenters. The van der Waals surface area contributed by atoms with Gasteiger partial charge in [0, 0.05) is 26.1 Å². The largest absolute Gasteiger partial charge is 0.468 e. The van der Waals surface area contributed by atoms with Crippen LogP contribution in [0.2, 0.25) is 0 Å². The highest BCUT2D eigenvalue weighted by atomic mass is 16.3. The highest BCUT2D eigenvalue weighted by Gasteiger charge is 2.26. The smallest absolute Gasteiger partial charge is 0.224 e. The van der Waals surface area contributed by atoms with E-state index in [1.165, 1.54) is 0 Å². The third-order valence-corrected chi connectivity index (χ3v) is 4.52. The van der Waals surface area contributed by atoms with Crippen LogP contribution in [-0.4, -0.2) is 45.2 Å². The minimum atomic E-state index is 0.0535. The monoisotopic (exact) mass is 331 g/mol. The number of carbonyl (C=O) groups is 1. The second-order valence-electron chi connectivity index (χ2n) is 6.23. The molecule has 2 aromatic heterocycles. The van der Waals surface area contributed by atoms with Gasteiger partial charge in [0.15, 0.2) is 0 Å². The van der Waals surface area contributed by atoms with Gasteiger partial charge >= 0.3 is 0 Å². The maximum absolute atomic E-state index is 12.4. The van der Waals surface area contributed by atoms with E-state index in [2.05, 4.69) is 27.3 Å². The lowest BCUT2D eigenvalue weighted by Crippen LogP contribution is -2.43. The summed E-state index contributed by atoms with van der Waals surface area (Å²) in [7, 11) is 0. The van der Waals surface area contributed by atoms with Crippen LogP contribution in [0, 0.1) is 5.92 Å². The second kappa shape index (κ2) is 8.10. The van der Waals surface area contributed by atoms with Crippen LogP contribution < -0.4 is 5.32 Å². The lowest BCUT2D eigenvalue weighted by molar-refractivity contribution is -0.126. The third kappa shape index (κ3) is 4.23. The van der Waals surface area contributed by atoms with E-state index in [1.807, 2.05) is 16.7 Å². The van der Waals surface area contributed by atoms with E-state index in [9.17, 15) is 4.79 Å². The maximum Gasteiger partial charge on any atom is 0.224 e. The average Bonchev–Trinajstić information content (AvgIpc) is 3.26. The number of hydrogen-bond donors (Lipinski definition) is 1. The fourth-order valence-corrected chi connectivity index (χ4v) is 3.21. The first-order chi connectivity index (χ1) is 11.8. The summed E-state index contributed by atoms with van der Waals surface area (Å²) in [6, 6.07) is 3.88. The second-order valence-corrected chi connectivity index (χ2v) is 6.23. The summed E-state index contributed by atoms with van der Waals surface area (Å²) < 4.78 is 7.40. The van der Waals surface area contributed by atoms with Crippen molar-refractivity contribution in [2.24, 2.45) is 5.92 Å². The Balaban J connectivity index is 1.44. The molecule has 0 spiro atoms. The molecule has 3 rings (SSSR count). The van der Waals surface area contributed by atoms with Gasteiger partial charge in [-0.15, -0.1) is 10.2 Å². The number of furan rings is 1. The number of nitrogens with one attached hydrogen (secondary N) is 1. The molecule has 0 aliphatic carbocycles. The van der Waals surface area contributed by atoms with Gasteiger partial charge in [-0.2, -0.15) is 0 Å². The molecule has 1 aliphatic heterocycles. The molecular formula is C17H25N5O2. The van der Waals surface area contributed by atoms with Crippen LogP contribution in [0.3, 0.4) is 0 Å². The molecule has 0 radical (unpaired) electrons. The van der Waals surface area contributed by atoms with Crippen LogP contribution in [0.4, 0.5) is 0 Å². The summed E-state index contributed by atoms with van der Waals surface area (Å²) in [4.78, 5) is 14.7. The van der Waals surface area contributed by atoms with E-state index >= 15 is 0 Å². The van der Waals surface area contributed by atoms with E-state index in [4.69, 9.17) is 4.42 Å². The van der Waals surface area contributed by atoms with Crippen LogP contribution in [0.1, 0.15) is 31.4 Å². The normalized spacial score (nSPS) is 18.6. The molecule has 3 heterocycles. The molecule has 0 aromatic carbocycles. The first-order valence-electron chi connectivity index (χ1n) is 8.65. The Hall–Kier alpha value is -2.15. The van der Waals surface area contributed by atoms with Crippen LogP contribution in [0.25, 0.3) is 0 Å². The van der Waals surface area contributed by atoms with Gasteiger partial charge in [0.25, 0.3) is 0 Å². The molecule has 1 fully saturated rings. The Morgan fingerprint density at radius 1 is 1.50 bits per heavy atom. The fraction of sp³-hybridized carbons (Fsp3) is 0.588. The van der Waals surface area contributed by atoms with Crippen LogP contribution in [-0.2, 0) is 24.3 Å². The van der Waals surface area contributed by atoms with Crippen molar-refractivity contribution in [1.29, 1.82) is 0 Å². The van der Waals surface area contributed by atoms with Gasteiger partial charge in [0.05, 0.1) is 18.7 Å². The molecular weight excluding hydrogens is 306 g/mol. The van der Waals surface area contributed by atoms with E-state index in [1.54, 1.807) is 12.6 Å². The Kier molecular flexibility index (Phi) is 5.63. The van der Waals surface area contributed by atoms with Gasteiger partial charge in [-0.25, -0.2) is 0 Å². The third-order valence-electron chi connectivity index (χ3n) is 4.52. The number of piperidine rings is 1. The number of aromatic nitrogens is 3. The van der Waals surface area contributed by atoms with E-state index in [-0.39, 0.29) is 11.8 Å². The summed E-state index contributed by atoms with van der Waals surface area (Å²) in [5, 5.41) is 11.1. The zero-order valence-corrected chi connectivity index (χ0v) is 14.1. The average molecular weight is 331 g/mol. The summed E-state index contributed by atoms with van der Waals surface area (Å²) in [5.74, 6) is 2.07. The first kappa shape index (κ1) is 16.7. The summed E-state index contributed by atoms with van der Waals surface area (Å²) in [5.41, 5.74) is 0. The molecule has 2 aromatic rings. The zero-order valence-electron chi connectivity index (χ0n) is 14.1. The van der Waals surface area contributed by atoms with Crippen molar-refractivity contribution in [3.63, 3.8) is 0 Å². The maximum atomic E-state index is 12.4. The van der Waals surface area contributed by atoms with Crippen molar-refractivity contribution < 1.29 is 9.21 Å². The van der Waals surface area contributed by atoms with Gasteiger partial charge < -0.3 is 14.3 Å². The van der Waals surface area contributed by atoms with Crippen LogP contribution in [0.5, 0.6) is 0 Å². The van der Waals surface area contributed by atoms with E-state index < -0.39 is 0 Å². The van der Waals surface area contributed by atoms with Crippen LogP contribution >= 0.6 is 0 Å². The number of amides is 1. The van der Waals surface area contributed by atoms with Crippen molar-refractivity contribution >= 4 is 5.91 Å². The quantitative estimate of drug-likeness (QED) is 0.831. The van der Waals surface area contributed by atoms with Gasteiger partial charge in [0.1, 0.15) is 17.9 Å². The number of hydrogen-bond acceptors (Lipinski definition) is 5. The Morgan fingerprint density at radius 3 is 3.21 bits per heavy atom.